The van der Waals surface area contributed by atoms with Crippen molar-refractivity contribution in [2.45, 2.75) is 6.92 Å². The summed E-state index contributed by atoms with van der Waals surface area (Å²) < 4.78 is 4.69. The van der Waals surface area contributed by atoms with Gasteiger partial charge in [-0.15, -0.1) is 11.3 Å². The van der Waals surface area contributed by atoms with Gasteiger partial charge in [-0.2, -0.15) is 0 Å². The zero-order valence-electron chi connectivity index (χ0n) is 5.94. The van der Waals surface area contributed by atoms with E-state index in [2.05, 4.69) is 10.1 Å². The first-order chi connectivity index (χ1) is 5.36. The fourth-order valence-electron chi connectivity index (χ4n) is 0.794. The Balaban J connectivity index is 2.45. The van der Waals surface area contributed by atoms with Crippen molar-refractivity contribution in [1.82, 2.24) is 10.1 Å². The molecule has 2 aromatic rings. The van der Waals surface area contributed by atoms with Crippen molar-refractivity contribution in [3.8, 4) is 10.7 Å². The summed E-state index contributed by atoms with van der Waals surface area (Å²) in [6.45, 7) is 1.96. The van der Waals surface area contributed by atoms with Crippen LogP contribution >= 0.6 is 11.3 Å². The summed E-state index contributed by atoms with van der Waals surface area (Å²) in [5.41, 5.74) is 1.83. The Morgan fingerprint density at radius 3 is 3.00 bits per heavy atom. The molecule has 56 valence electrons. The molecule has 0 unspecified atom stereocenters. The third-order valence-electron chi connectivity index (χ3n) is 1.28. The fraction of sp³-hybridized carbons (Fsp3) is 0.143. The SMILES string of the molecule is Cc1csc(-c2ccon2)n1. The minimum Gasteiger partial charge on any atom is -0.364 e. The standard InChI is InChI=1S/C7H6N2OS/c1-5-4-11-7(8-5)6-2-3-10-9-6/h2-4H,1H3. The van der Waals surface area contributed by atoms with Crippen LogP contribution < -0.4 is 0 Å². The van der Waals surface area contributed by atoms with E-state index in [4.69, 9.17) is 4.52 Å². The molecule has 2 aromatic heterocycles. The van der Waals surface area contributed by atoms with Gasteiger partial charge in [-0.05, 0) is 6.92 Å². The van der Waals surface area contributed by atoms with Crippen LogP contribution in [0.15, 0.2) is 22.2 Å². The molecule has 0 saturated heterocycles. The van der Waals surface area contributed by atoms with Crippen LogP contribution in [0.5, 0.6) is 0 Å². The Labute approximate surface area is 67.7 Å². The lowest BCUT2D eigenvalue weighted by Gasteiger charge is -1.81. The summed E-state index contributed by atoms with van der Waals surface area (Å²) in [4.78, 5) is 4.25. The molecular weight excluding hydrogens is 160 g/mol. The van der Waals surface area contributed by atoms with Crippen LogP contribution in [0.4, 0.5) is 0 Å². The highest BCUT2D eigenvalue weighted by atomic mass is 32.1. The first-order valence-corrected chi connectivity index (χ1v) is 4.07. The average molecular weight is 166 g/mol. The molecule has 0 aromatic carbocycles. The molecule has 11 heavy (non-hydrogen) atoms. The van der Waals surface area contributed by atoms with Gasteiger partial charge in [-0.25, -0.2) is 4.98 Å². The van der Waals surface area contributed by atoms with E-state index in [1.165, 1.54) is 0 Å². The number of rotatable bonds is 1. The molecule has 0 bridgehead atoms. The summed E-state index contributed by atoms with van der Waals surface area (Å²) in [5, 5.41) is 6.68. The molecule has 0 aliphatic rings. The Kier molecular flexibility index (Phi) is 1.47. The second-order valence-corrected chi connectivity index (χ2v) is 3.04. The van der Waals surface area contributed by atoms with E-state index in [1.807, 2.05) is 12.3 Å². The van der Waals surface area contributed by atoms with Crippen molar-refractivity contribution < 1.29 is 4.52 Å². The molecule has 0 radical (unpaired) electrons. The molecule has 2 rings (SSSR count). The van der Waals surface area contributed by atoms with Crippen LogP contribution in [0.1, 0.15) is 5.69 Å². The molecule has 0 aliphatic heterocycles. The van der Waals surface area contributed by atoms with Gasteiger partial charge < -0.3 is 4.52 Å². The Morgan fingerprint density at radius 1 is 1.55 bits per heavy atom. The monoisotopic (exact) mass is 166 g/mol. The van der Waals surface area contributed by atoms with Gasteiger partial charge in [0.1, 0.15) is 17.0 Å². The molecule has 4 heteroatoms. The van der Waals surface area contributed by atoms with Crippen molar-refractivity contribution in [3.05, 3.63) is 23.4 Å². The second kappa shape index (κ2) is 2.47. The zero-order chi connectivity index (χ0) is 7.68. The number of aryl methyl sites for hydroxylation is 1. The van der Waals surface area contributed by atoms with Gasteiger partial charge in [-0.3, -0.25) is 0 Å². The van der Waals surface area contributed by atoms with E-state index in [0.29, 0.717) is 0 Å². The summed E-state index contributed by atoms with van der Waals surface area (Å²) in [6, 6.07) is 1.80. The van der Waals surface area contributed by atoms with E-state index < -0.39 is 0 Å². The third-order valence-corrected chi connectivity index (χ3v) is 2.26. The number of hydrogen-bond acceptors (Lipinski definition) is 4. The number of nitrogens with zero attached hydrogens (tertiary/aromatic N) is 2. The highest BCUT2D eigenvalue weighted by Crippen LogP contribution is 2.20. The Morgan fingerprint density at radius 2 is 2.45 bits per heavy atom. The quantitative estimate of drug-likeness (QED) is 0.651. The molecular formula is C7H6N2OS. The van der Waals surface area contributed by atoms with Crippen LogP contribution in [0.2, 0.25) is 0 Å². The normalized spacial score (nSPS) is 10.3. The van der Waals surface area contributed by atoms with E-state index in [-0.39, 0.29) is 0 Å². The fourth-order valence-corrected chi connectivity index (χ4v) is 1.55. The van der Waals surface area contributed by atoms with Crippen LogP contribution in [-0.2, 0) is 0 Å². The zero-order valence-corrected chi connectivity index (χ0v) is 6.76. The molecule has 0 fully saturated rings. The largest absolute Gasteiger partial charge is 0.364 e. The van der Waals surface area contributed by atoms with Crippen molar-refractivity contribution >= 4 is 11.3 Å². The number of thiazole rings is 1. The highest BCUT2D eigenvalue weighted by molar-refractivity contribution is 7.13. The van der Waals surface area contributed by atoms with Gasteiger partial charge in [0, 0.05) is 17.1 Å². The van der Waals surface area contributed by atoms with Crippen molar-refractivity contribution in [2.24, 2.45) is 0 Å². The van der Waals surface area contributed by atoms with Crippen molar-refractivity contribution in [2.75, 3.05) is 0 Å². The molecule has 0 saturated carbocycles. The predicted octanol–water partition coefficient (Wildman–Crippen LogP) is 2.11. The van der Waals surface area contributed by atoms with E-state index in [1.54, 1.807) is 23.7 Å². The molecule has 3 nitrogen and oxygen atoms in total. The third kappa shape index (κ3) is 1.17. The van der Waals surface area contributed by atoms with Gasteiger partial charge in [-0.1, -0.05) is 5.16 Å². The first-order valence-electron chi connectivity index (χ1n) is 3.19. The van der Waals surface area contributed by atoms with Gasteiger partial charge in [0.2, 0.25) is 0 Å². The highest BCUT2D eigenvalue weighted by Gasteiger charge is 2.03. The van der Waals surface area contributed by atoms with Crippen molar-refractivity contribution in [3.63, 3.8) is 0 Å². The van der Waals surface area contributed by atoms with Crippen LogP contribution in [0, 0.1) is 6.92 Å². The Bertz CT molecular complexity index is 339. The van der Waals surface area contributed by atoms with E-state index in [0.717, 1.165) is 16.4 Å². The van der Waals surface area contributed by atoms with E-state index in [9.17, 15) is 0 Å². The summed E-state index contributed by atoms with van der Waals surface area (Å²) in [6.07, 6.45) is 1.55. The topological polar surface area (TPSA) is 38.9 Å². The second-order valence-electron chi connectivity index (χ2n) is 2.18. The first kappa shape index (κ1) is 6.54. The molecule has 0 atom stereocenters. The van der Waals surface area contributed by atoms with Crippen LogP contribution in [0.25, 0.3) is 10.7 Å². The molecule has 0 aliphatic carbocycles. The molecule has 0 N–H and O–H groups in total. The number of aromatic nitrogens is 2. The molecule has 0 amide bonds. The van der Waals surface area contributed by atoms with Crippen molar-refractivity contribution in [1.29, 1.82) is 0 Å². The van der Waals surface area contributed by atoms with Gasteiger partial charge >= 0.3 is 0 Å². The minimum absolute atomic E-state index is 0.808. The maximum absolute atomic E-state index is 4.69. The lowest BCUT2D eigenvalue weighted by molar-refractivity contribution is 0.422. The summed E-state index contributed by atoms with van der Waals surface area (Å²) >= 11 is 1.57. The van der Waals surface area contributed by atoms with E-state index >= 15 is 0 Å². The maximum Gasteiger partial charge on any atom is 0.145 e. The smallest absolute Gasteiger partial charge is 0.145 e. The summed E-state index contributed by atoms with van der Waals surface area (Å²) in [7, 11) is 0. The lowest BCUT2D eigenvalue weighted by atomic mass is 10.4. The van der Waals surface area contributed by atoms with Crippen LogP contribution in [-0.4, -0.2) is 10.1 Å². The van der Waals surface area contributed by atoms with Crippen LogP contribution in [0.3, 0.4) is 0 Å². The predicted molar refractivity (Wildman–Crippen MR) is 42.3 cm³/mol. The van der Waals surface area contributed by atoms with Gasteiger partial charge in [0.05, 0.1) is 0 Å². The lowest BCUT2D eigenvalue weighted by Crippen LogP contribution is -1.74. The van der Waals surface area contributed by atoms with Gasteiger partial charge in [0.15, 0.2) is 0 Å². The summed E-state index contributed by atoms with van der Waals surface area (Å²) in [5.74, 6) is 0. The maximum atomic E-state index is 4.69. The molecule has 2 heterocycles. The molecule has 0 spiro atoms. The van der Waals surface area contributed by atoms with Gasteiger partial charge in [0.25, 0.3) is 0 Å². The number of hydrogen-bond donors (Lipinski definition) is 0. The Hall–Kier alpha value is -1.16. The average Bonchev–Trinajstić information content (AvgIpc) is 2.55. The minimum atomic E-state index is 0.808.